The average Bonchev–Trinajstić information content (AvgIpc) is 2.71. The topological polar surface area (TPSA) is 66.9 Å². The van der Waals surface area contributed by atoms with Crippen LogP contribution in [0.5, 0.6) is 0 Å². The van der Waals surface area contributed by atoms with Gasteiger partial charge in [0.05, 0.1) is 17.9 Å². The maximum atomic E-state index is 13.0. The monoisotopic (exact) mass is 364 g/mol. The standard InChI is InChI=1S/C21H21FN4O/c22-18-10-8-17(9-11-18)20-13-19(25-15-26-20)14-24-21(27)23-12-4-7-16-5-2-1-3-6-16/h1-3,5-6,8-11,13,15H,4,7,12,14H2,(H2,23,24,27). The Bertz CT molecular complexity index is 869. The van der Waals surface area contributed by atoms with E-state index in [2.05, 4.69) is 32.7 Å². The molecule has 0 atom stereocenters. The second-order valence-corrected chi connectivity index (χ2v) is 6.10. The van der Waals surface area contributed by atoms with Crippen molar-refractivity contribution in [2.45, 2.75) is 19.4 Å². The van der Waals surface area contributed by atoms with Crippen LogP contribution in [-0.4, -0.2) is 22.5 Å². The predicted molar refractivity (Wildman–Crippen MR) is 102 cm³/mol. The maximum absolute atomic E-state index is 13.0. The van der Waals surface area contributed by atoms with Gasteiger partial charge >= 0.3 is 6.03 Å². The zero-order valence-electron chi connectivity index (χ0n) is 14.9. The summed E-state index contributed by atoms with van der Waals surface area (Å²) in [5.41, 5.74) is 3.42. The molecule has 6 heteroatoms. The van der Waals surface area contributed by atoms with Crippen molar-refractivity contribution in [2.24, 2.45) is 0 Å². The van der Waals surface area contributed by atoms with Crippen molar-refractivity contribution < 1.29 is 9.18 Å². The van der Waals surface area contributed by atoms with Crippen LogP contribution in [-0.2, 0) is 13.0 Å². The molecule has 0 aliphatic carbocycles. The SMILES string of the molecule is O=C(NCCCc1ccccc1)NCc1cc(-c2ccc(F)cc2)ncn1. The van der Waals surface area contributed by atoms with E-state index in [9.17, 15) is 9.18 Å². The summed E-state index contributed by atoms with van der Waals surface area (Å²) in [4.78, 5) is 20.3. The Hall–Kier alpha value is -3.28. The first-order valence-corrected chi connectivity index (χ1v) is 8.83. The fourth-order valence-corrected chi connectivity index (χ4v) is 2.65. The number of carbonyl (C=O) groups excluding carboxylic acids is 1. The zero-order chi connectivity index (χ0) is 18.9. The van der Waals surface area contributed by atoms with Crippen molar-refractivity contribution in [3.05, 3.63) is 84.1 Å². The maximum Gasteiger partial charge on any atom is 0.315 e. The molecule has 2 N–H and O–H groups in total. The van der Waals surface area contributed by atoms with Gasteiger partial charge < -0.3 is 10.6 Å². The second-order valence-electron chi connectivity index (χ2n) is 6.10. The van der Waals surface area contributed by atoms with E-state index in [1.165, 1.54) is 24.0 Å². The molecule has 0 unspecified atom stereocenters. The van der Waals surface area contributed by atoms with E-state index in [0.717, 1.165) is 18.4 Å². The Morgan fingerprint density at radius 1 is 0.963 bits per heavy atom. The molecule has 1 heterocycles. The van der Waals surface area contributed by atoms with Crippen molar-refractivity contribution in [1.82, 2.24) is 20.6 Å². The smallest absolute Gasteiger partial charge is 0.315 e. The van der Waals surface area contributed by atoms with Crippen molar-refractivity contribution >= 4 is 6.03 Å². The van der Waals surface area contributed by atoms with Gasteiger partial charge in [-0.15, -0.1) is 0 Å². The molecule has 2 aromatic carbocycles. The lowest BCUT2D eigenvalue weighted by Crippen LogP contribution is -2.35. The Labute approximate surface area is 157 Å². The van der Waals surface area contributed by atoms with Crippen LogP contribution >= 0.6 is 0 Å². The van der Waals surface area contributed by atoms with E-state index >= 15 is 0 Å². The average molecular weight is 364 g/mol. The number of carbonyl (C=O) groups is 1. The molecule has 0 radical (unpaired) electrons. The van der Waals surface area contributed by atoms with Gasteiger partial charge in [0.1, 0.15) is 12.1 Å². The summed E-state index contributed by atoms with van der Waals surface area (Å²) in [6.45, 7) is 0.895. The van der Waals surface area contributed by atoms with Gasteiger partial charge in [0.25, 0.3) is 0 Å². The molecular weight excluding hydrogens is 343 g/mol. The number of aryl methyl sites for hydroxylation is 1. The van der Waals surface area contributed by atoms with E-state index in [0.29, 0.717) is 24.5 Å². The van der Waals surface area contributed by atoms with Crippen LogP contribution in [0.4, 0.5) is 9.18 Å². The molecule has 0 saturated heterocycles. The highest BCUT2D eigenvalue weighted by atomic mass is 19.1. The number of hydrogen-bond acceptors (Lipinski definition) is 3. The number of halogens is 1. The third-order valence-corrected chi connectivity index (χ3v) is 4.06. The van der Waals surface area contributed by atoms with Crippen molar-refractivity contribution in [2.75, 3.05) is 6.54 Å². The Kier molecular flexibility index (Phi) is 6.46. The summed E-state index contributed by atoms with van der Waals surface area (Å²) in [6, 6.07) is 17.8. The largest absolute Gasteiger partial charge is 0.338 e. The molecule has 0 aliphatic rings. The summed E-state index contributed by atoms with van der Waals surface area (Å²) in [5, 5.41) is 5.63. The number of rotatable bonds is 7. The van der Waals surface area contributed by atoms with Gasteiger partial charge in [-0.3, -0.25) is 0 Å². The van der Waals surface area contributed by atoms with Crippen molar-refractivity contribution in [1.29, 1.82) is 0 Å². The highest BCUT2D eigenvalue weighted by Crippen LogP contribution is 2.17. The minimum Gasteiger partial charge on any atom is -0.338 e. The molecule has 0 fully saturated rings. The lowest BCUT2D eigenvalue weighted by molar-refractivity contribution is 0.240. The summed E-state index contributed by atoms with van der Waals surface area (Å²) in [6.07, 6.45) is 3.24. The summed E-state index contributed by atoms with van der Waals surface area (Å²) >= 11 is 0. The minimum atomic E-state index is -0.293. The lowest BCUT2D eigenvalue weighted by atomic mass is 10.1. The Morgan fingerprint density at radius 2 is 1.74 bits per heavy atom. The van der Waals surface area contributed by atoms with Crippen molar-refractivity contribution in [3.63, 3.8) is 0 Å². The second kappa shape index (κ2) is 9.43. The molecule has 5 nitrogen and oxygen atoms in total. The summed E-state index contributed by atoms with van der Waals surface area (Å²) in [7, 11) is 0. The molecule has 0 bridgehead atoms. The van der Waals surface area contributed by atoms with Crippen LogP contribution in [0, 0.1) is 5.82 Å². The summed E-state index contributed by atoms with van der Waals surface area (Å²) < 4.78 is 13.0. The van der Waals surface area contributed by atoms with Gasteiger partial charge in [0.2, 0.25) is 0 Å². The third kappa shape index (κ3) is 5.88. The van der Waals surface area contributed by atoms with E-state index in [1.807, 2.05) is 18.2 Å². The quantitative estimate of drug-likeness (QED) is 0.628. The molecule has 27 heavy (non-hydrogen) atoms. The molecule has 1 aromatic heterocycles. The van der Waals surface area contributed by atoms with E-state index < -0.39 is 0 Å². The Morgan fingerprint density at radius 3 is 2.52 bits per heavy atom. The lowest BCUT2D eigenvalue weighted by Gasteiger charge is -2.08. The molecule has 2 amide bonds. The number of nitrogens with one attached hydrogen (secondary N) is 2. The van der Waals surface area contributed by atoms with Crippen LogP contribution in [0.2, 0.25) is 0 Å². The first kappa shape index (κ1) is 18.5. The molecule has 0 saturated carbocycles. The normalized spacial score (nSPS) is 10.4. The van der Waals surface area contributed by atoms with Crippen LogP contribution < -0.4 is 10.6 Å². The van der Waals surface area contributed by atoms with Gasteiger partial charge in [-0.05, 0) is 48.7 Å². The first-order chi connectivity index (χ1) is 13.2. The number of urea groups is 1. The minimum absolute atomic E-state index is 0.231. The van der Waals surface area contributed by atoms with Gasteiger partial charge in [0, 0.05) is 12.1 Å². The van der Waals surface area contributed by atoms with Crippen LogP contribution in [0.25, 0.3) is 11.3 Å². The van der Waals surface area contributed by atoms with E-state index in [-0.39, 0.29) is 11.8 Å². The fourth-order valence-electron chi connectivity index (χ4n) is 2.65. The molecule has 3 aromatic rings. The summed E-state index contributed by atoms with van der Waals surface area (Å²) in [5.74, 6) is -0.293. The highest BCUT2D eigenvalue weighted by molar-refractivity contribution is 5.73. The van der Waals surface area contributed by atoms with Crippen LogP contribution in [0.15, 0.2) is 67.0 Å². The van der Waals surface area contributed by atoms with Crippen LogP contribution in [0.3, 0.4) is 0 Å². The molecule has 138 valence electrons. The predicted octanol–water partition coefficient (Wildman–Crippen LogP) is 3.71. The third-order valence-electron chi connectivity index (χ3n) is 4.06. The Balaban J connectivity index is 1.43. The van der Waals surface area contributed by atoms with E-state index in [4.69, 9.17) is 0 Å². The van der Waals surface area contributed by atoms with Gasteiger partial charge in [0.15, 0.2) is 0 Å². The first-order valence-electron chi connectivity index (χ1n) is 8.83. The number of nitrogens with zero attached hydrogens (tertiary/aromatic N) is 2. The van der Waals surface area contributed by atoms with Crippen LogP contribution in [0.1, 0.15) is 17.7 Å². The van der Waals surface area contributed by atoms with Gasteiger partial charge in [-0.1, -0.05) is 30.3 Å². The number of aromatic nitrogens is 2. The van der Waals surface area contributed by atoms with Gasteiger partial charge in [-0.25, -0.2) is 19.2 Å². The van der Waals surface area contributed by atoms with Gasteiger partial charge in [-0.2, -0.15) is 0 Å². The zero-order valence-corrected chi connectivity index (χ0v) is 14.9. The highest BCUT2D eigenvalue weighted by Gasteiger charge is 2.05. The molecule has 0 aliphatic heterocycles. The molecule has 3 rings (SSSR count). The number of amides is 2. The molecular formula is C21H21FN4O. The number of benzene rings is 2. The van der Waals surface area contributed by atoms with Crippen molar-refractivity contribution in [3.8, 4) is 11.3 Å². The van der Waals surface area contributed by atoms with E-state index in [1.54, 1.807) is 18.2 Å². The fraction of sp³-hybridized carbons (Fsp3) is 0.190. The molecule has 0 spiro atoms. The number of hydrogen-bond donors (Lipinski definition) is 2.